The number of benzene rings is 1. The van der Waals surface area contributed by atoms with Gasteiger partial charge in [-0.25, -0.2) is 0 Å². The van der Waals surface area contributed by atoms with Gasteiger partial charge in [0.1, 0.15) is 0 Å². The molecule has 6 heteroatoms. The fourth-order valence-corrected chi connectivity index (χ4v) is 2.09. The van der Waals surface area contributed by atoms with Crippen molar-refractivity contribution in [3.8, 4) is 0 Å². The van der Waals surface area contributed by atoms with Crippen LogP contribution in [0.1, 0.15) is 0 Å². The van der Waals surface area contributed by atoms with Crippen molar-refractivity contribution in [2.24, 2.45) is 0 Å². The Kier molecular flexibility index (Phi) is 2.00. The van der Waals surface area contributed by atoms with Crippen LogP contribution in [0.3, 0.4) is 0 Å². The fourth-order valence-electron chi connectivity index (χ4n) is 1.14. The molecule has 0 bridgehead atoms. The third-order valence-corrected chi connectivity index (χ3v) is 3.28. The van der Waals surface area contributed by atoms with E-state index in [-0.39, 0.29) is 5.69 Å². The Bertz CT molecular complexity index is 488. The molecule has 0 fully saturated rings. The van der Waals surface area contributed by atoms with Gasteiger partial charge in [0.15, 0.2) is 0 Å². The summed E-state index contributed by atoms with van der Waals surface area (Å²) in [6.45, 7) is 0. The Balaban J connectivity index is 2.68. The van der Waals surface area contributed by atoms with Crippen molar-refractivity contribution in [3.05, 3.63) is 28.7 Å². The Hall–Kier alpha value is -1.03. The van der Waals surface area contributed by atoms with Gasteiger partial charge in [-0.2, -0.15) is 0 Å². The molecule has 1 aromatic heterocycles. The maximum atomic E-state index is 10.8. The molecule has 2 aromatic rings. The van der Waals surface area contributed by atoms with Crippen molar-refractivity contribution in [1.29, 1.82) is 0 Å². The van der Waals surface area contributed by atoms with E-state index < -0.39 is 15.3 Å². The van der Waals surface area contributed by atoms with E-state index in [4.69, 9.17) is 8.19 Å². The molecule has 0 unspecified atom stereocenters. The Morgan fingerprint density at radius 1 is 1.15 bits per heavy atom. The first-order chi connectivity index (χ1) is 6.16. The molecule has 0 saturated heterocycles. The molecule has 0 radical (unpaired) electrons. The molecule has 5 nitrogen and oxygen atoms in total. The first-order valence-corrected chi connectivity index (χ1v) is 6.18. The summed E-state index contributed by atoms with van der Waals surface area (Å²) in [7, 11) is 0. The van der Waals surface area contributed by atoms with Crippen LogP contribution < -0.4 is 10.0 Å². The molecule has 13 heavy (non-hydrogen) atoms. The van der Waals surface area contributed by atoms with Crippen LogP contribution in [-0.2, 0) is 0 Å². The molecule has 1 aromatic carbocycles. The average Bonchev–Trinajstić information content (AvgIpc) is 2.42. The number of H-pyrrole nitrogens is 2. The standard InChI is InChI=1S/C7H7AsN2O3/c11-7-9-5-2-1-4(8(12)13)3-6(5)10-7/h1-3,12-13H,(H2,9,10,11). The number of rotatable bonds is 1. The van der Waals surface area contributed by atoms with Crippen molar-refractivity contribution in [2.45, 2.75) is 0 Å². The molecule has 0 aliphatic rings. The predicted octanol–water partition coefficient (Wildman–Crippen LogP) is -1.46. The van der Waals surface area contributed by atoms with Gasteiger partial charge in [-0.3, -0.25) is 0 Å². The van der Waals surface area contributed by atoms with Gasteiger partial charge in [-0.1, -0.05) is 0 Å². The number of imidazole rings is 1. The molecule has 0 aliphatic heterocycles. The van der Waals surface area contributed by atoms with E-state index in [1.165, 1.54) is 0 Å². The van der Waals surface area contributed by atoms with Crippen molar-refractivity contribution in [3.63, 3.8) is 0 Å². The zero-order valence-electron chi connectivity index (χ0n) is 6.48. The fraction of sp³-hybridized carbons (Fsp3) is 0. The van der Waals surface area contributed by atoms with Crippen molar-refractivity contribution in [2.75, 3.05) is 0 Å². The monoisotopic (exact) mass is 242 g/mol. The van der Waals surface area contributed by atoms with Gasteiger partial charge in [0.25, 0.3) is 0 Å². The van der Waals surface area contributed by atoms with E-state index >= 15 is 0 Å². The molecule has 0 amide bonds. The first-order valence-electron chi connectivity index (χ1n) is 3.57. The topological polar surface area (TPSA) is 89.1 Å². The summed E-state index contributed by atoms with van der Waals surface area (Å²) in [5.41, 5.74) is 0.983. The molecular weight excluding hydrogens is 235 g/mol. The van der Waals surface area contributed by atoms with Gasteiger partial charge < -0.3 is 0 Å². The second kappa shape index (κ2) is 3.03. The summed E-state index contributed by atoms with van der Waals surface area (Å²) in [5.74, 6) is 0. The van der Waals surface area contributed by atoms with E-state index in [1.807, 2.05) is 0 Å². The summed E-state index contributed by atoms with van der Waals surface area (Å²) >= 11 is -2.83. The SMILES string of the molecule is O=c1[nH]c2ccc([As](O)O)cc2[nH]1. The molecule has 4 N–H and O–H groups in total. The summed E-state index contributed by atoms with van der Waals surface area (Å²) in [6.07, 6.45) is 0. The minimum atomic E-state index is -2.83. The first kappa shape index (κ1) is 8.56. The van der Waals surface area contributed by atoms with Crippen LogP contribution in [0.4, 0.5) is 0 Å². The second-order valence-electron chi connectivity index (χ2n) is 2.60. The third kappa shape index (κ3) is 1.54. The number of nitrogens with one attached hydrogen (secondary N) is 2. The quantitative estimate of drug-likeness (QED) is 0.460. The average molecular weight is 242 g/mol. The summed E-state index contributed by atoms with van der Waals surface area (Å²) in [4.78, 5) is 16.0. The van der Waals surface area contributed by atoms with Crippen molar-refractivity contribution < 1.29 is 8.19 Å². The molecular formula is C7H7AsN2O3. The normalized spacial score (nSPS) is 11.3. The van der Waals surface area contributed by atoms with E-state index in [2.05, 4.69) is 9.97 Å². The third-order valence-electron chi connectivity index (χ3n) is 1.73. The van der Waals surface area contributed by atoms with Crippen LogP contribution in [0.2, 0.25) is 0 Å². The number of fused-ring (bicyclic) bond motifs is 1. The van der Waals surface area contributed by atoms with Crippen LogP contribution in [0.25, 0.3) is 11.0 Å². The van der Waals surface area contributed by atoms with Gasteiger partial charge in [-0.05, 0) is 0 Å². The minimum absolute atomic E-state index is 0.290. The van der Waals surface area contributed by atoms with Crippen LogP contribution in [0.5, 0.6) is 0 Å². The zero-order valence-corrected chi connectivity index (χ0v) is 8.36. The van der Waals surface area contributed by atoms with E-state index in [9.17, 15) is 4.79 Å². The van der Waals surface area contributed by atoms with Crippen LogP contribution in [0, 0.1) is 0 Å². The van der Waals surface area contributed by atoms with Gasteiger partial charge in [0.05, 0.1) is 0 Å². The van der Waals surface area contributed by atoms with E-state index in [1.54, 1.807) is 18.2 Å². The van der Waals surface area contributed by atoms with Crippen LogP contribution in [0.15, 0.2) is 23.0 Å². The van der Waals surface area contributed by atoms with Crippen molar-refractivity contribution >= 4 is 30.7 Å². The summed E-state index contributed by atoms with van der Waals surface area (Å²) < 4.78 is 18.5. The number of aromatic amines is 2. The second-order valence-corrected chi connectivity index (χ2v) is 4.90. The molecule has 68 valence electrons. The number of hydrogen-bond donors (Lipinski definition) is 4. The molecule has 2 rings (SSSR count). The summed E-state index contributed by atoms with van der Waals surface area (Å²) in [6, 6.07) is 4.83. The summed E-state index contributed by atoms with van der Waals surface area (Å²) in [5, 5.41) is 0. The van der Waals surface area contributed by atoms with Gasteiger partial charge in [-0.15, -0.1) is 0 Å². The predicted molar refractivity (Wildman–Crippen MR) is 48.7 cm³/mol. The van der Waals surface area contributed by atoms with Crippen molar-refractivity contribution in [1.82, 2.24) is 9.97 Å². The Morgan fingerprint density at radius 3 is 2.54 bits per heavy atom. The molecule has 1 heterocycles. The molecule has 0 spiro atoms. The zero-order chi connectivity index (χ0) is 9.42. The van der Waals surface area contributed by atoms with Crippen LogP contribution >= 0.6 is 0 Å². The Morgan fingerprint density at radius 2 is 1.85 bits per heavy atom. The molecule has 0 aliphatic carbocycles. The Labute approximate surface area is 78.0 Å². The molecule has 0 saturated carbocycles. The molecule has 0 atom stereocenters. The van der Waals surface area contributed by atoms with Crippen LogP contribution in [-0.4, -0.2) is 33.5 Å². The number of hydrogen-bond acceptors (Lipinski definition) is 3. The van der Waals surface area contributed by atoms with Gasteiger partial charge in [0, 0.05) is 0 Å². The van der Waals surface area contributed by atoms with Gasteiger partial charge >= 0.3 is 77.6 Å². The van der Waals surface area contributed by atoms with E-state index in [0.29, 0.717) is 15.4 Å². The van der Waals surface area contributed by atoms with Gasteiger partial charge in [0.2, 0.25) is 0 Å². The maximum absolute atomic E-state index is 10.8. The van der Waals surface area contributed by atoms with E-state index in [0.717, 1.165) is 0 Å². The number of aromatic nitrogens is 2.